The van der Waals surface area contributed by atoms with E-state index < -0.39 is 0 Å². The van der Waals surface area contributed by atoms with Gasteiger partial charge >= 0.3 is 0 Å². The van der Waals surface area contributed by atoms with Crippen LogP contribution in [0.2, 0.25) is 0 Å². The molecule has 0 bridgehead atoms. The van der Waals surface area contributed by atoms with Gasteiger partial charge in [-0.3, -0.25) is 0 Å². The zero-order valence-corrected chi connectivity index (χ0v) is 11.4. The van der Waals surface area contributed by atoms with E-state index in [9.17, 15) is 0 Å². The molecule has 2 heterocycles. The Labute approximate surface area is 117 Å². The number of H-pyrrole nitrogens is 1. The molecule has 3 rings (SSSR count). The Kier molecular flexibility index (Phi) is 3.25. The van der Waals surface area contributed by atoms with Crippen LogP contribution in [0.5, 0.6) is 0 Å². The highest BCUT2D eigenvalue weighted by atomic mass is 15.1. The van der Waals surface area contributed by atoms with Crippen molar-refractivity contribution >= 4 is 22.7 Å². The van der Waals surface area contributed by atoms with E-state index in [2.05, 4.69) is 44.7 Å². The van der Waals surface area contributed by atoms with Crippen molar-refractivity contribution in [1.82, 2.24) is 15.0 Å². The number of nitrogen functional groups attached to an aromatic ring is 1. The third-order valence-corrected chi connectivity index (χ3v) is 3.25. The topological polar surface area (TPSA) is 79.6 Å². The third-order valence-electron chi connectivity index (χ3n) is 3.25. The fraction of sp³-hybridized carbons (Fsp3) is 0.200. The van der Waals surface area contributed by atoms with Gasteiger partial charge in [-0.15, -0.1) is 0 Å². The molecule has 0 aliphatic carbocycles. The van der Waals surface area contributed by atoms with Crippen molar-refractivity contribution in [2.45, 2.75) is 13.3 Å². The second-order valence-corrected chi connectivity index (χ2v) is 4.79. The van der Waals surface area contributed by atoms with Crippen LogP contribution in [0.1, 0.15) is 11.3 Å². The molecule has 20 heavy (non-hydrogen) atoms. The Morgan fingerprint density at radius 2 is 2.10 bits per heavy atom. The van der Waals surface area contributed by atoms with E-state index in [4.69, 9.17) is 5.73 Å². The largest absolute Gasteiger partial charge is 0.370 e. The number of aryl methyl sites for hydroxylation is 1. The highest BCUT2D eigenvalue weighted by Gasteiger charge is 2.03. The summed E-state index contributed by atoms with van der Waals surface area (Å²) in [5, 5.41) is 4.56. The molecular formula is C15H17N5. The number of hydrogen-bond acceptors (Lipinski definition) is 4. The summed E-state index contributed by atoms with van der Waals surface area (Å²) in [5.41, 5.74) is 8.97. The van der Waals surface area contributed by atoms with Crippen molar-refractivity contribution in [3.8, 4) is 0 Å². The third kappa shape index (κ3) is 2.56. The Bertz CT molecular complexity index is 712. The predicted octanol–water partition coefficient (Wildman–Crippen LogP) is 2.50. The normalized spacial score (nSPS) is 10.8. The predicted molar refractivity (Wildman–Crippen MR) is 81.7 cm³/mol. The molecule has 5 heteroatoms. The summed E-state index contributed by atoms with van der Waals surface area (Å²) < 4.78 is 0. The number of aromatic amines is 1. The Balaban J connectivity index is 1.68. The van der Waals surface area contributed by atoms with Gasteiger partial charge in [-0.05, 0) is 25.0 Å². The maximum atomic E-state index is 5.63. The number of hydrogen-bond donors (Lipinski definition) is 3. The van der Waals surface area contributed by atoms with E-state index in [1.54, 1.807) is 0 Å². The second kappa shape index (κ2) is 5.21. The Hall–Kier alpha value is -2.56. The lowest BCUT2D eigenvalue weighted by molar-refractivity contribution is 1.00. The van der Waals surface area contributed by atoms with E-state index in [0.29, 0.717) is 5.95 Å². The molecule has 0 radical (unpaired) electrons. The lowest BCUT2D eigenvalue weighted by atomic mass is 10.1. The molecule has 0 fully saturated rings. The standard InChI is InChI=1S/C15H17N5/c1-10-8-14(20-15(16)19-10)17-7-6-11-9-18-13-5-3-2-4-12(11)13/h2-5,8-9,18H,6-7H2,1H3,(H3,16,17,19,20). The van der Waals surface area contributed by atoms with Crippen LogP contribution >= 0.6 is 0 Å². The molecule has 1 aromatic carbocycles. The number of rotatable bonds is 4. The zero-order valence-electron chi connectivity index (χ0n) is 11.4. The van der Waals surface area contributed by atoms with E-state index in [1.807, 2.05) is 19.1 Å². The lowest BCUT2D eigenvalue weighted by Gasteiger charge is -2.06. The lowest BCUT2D eigenvalue weighted by Crippen LogP contribution is -2.08. The molecule has 0 unspecified atom stereocenters. The summed E-state index contributed by atoms with van der Waals surface area (Å²) in [7, 11) is 0. The van der Waals surface area contributed by atoms with Crippen LogP contribution < -0.4 is 11.1 Å². The van der Waals surface area contributed by atoms with Gasteiger partial charge in [0.1, 0.15) is 5.82 Å². The Morgan fingerprint density at radius 1 is 1.25 bits per heavy atom. The number of nitrogens with two attached hydrogens (primary N) is 1. The number of benzene rings is 1. The molecule has 0 saturated carbocycles. The van der Waals surface area contributed by atoms with Crippen molar-refractivity contribution in [1.29, 1.82) is 0 Å². The van der Waals surface area contributed by atoms with Crippen LogP contribution in [0.25, 0.3) is 10.9 Å². The summed E-state index contributed by atoms with van der Waals surface area (Å²) in [6, 6.07) is 10.2. The fourth-order valence-corrected chi connectivity index (χ4v) is 2.35. The van der Waals surface area contributed by atoms with Crippen LogP contribution in [0, 0.1) is 6.92 Å². The first-order valence-electron chi connectivity index (χ1n) is 6.62. The van der Waals surface area contributed by atoms with Crippen LogP contribution in [-0.4, -0.2) is 21.5 Å². The van der Waals surface area contributed by atoms with E-state index >= 15 is 0 Å². The summed E-state index contributed by atoms with van der Waals surface area (Å²) in [6.07, 6.45) is 2.99. The summed E-state index contributed by atoms with van der Waals surface area (Å²) in [4.78, 5) is 11.5. The molecule has 0 atom stereocenters. The highest BCUT2D eigenvalue weighted by molar-refractivity contribution is 5.83. The molecule has 0 aliphatic rings. The Morgan fingerprint density at radius 3 is 2.95 bits per heavy atom. The molecule has 2 aromatic heterocycles. The minimum absolute atomic E-state index is 0.305. The van der Waals surface area contributed by atoms with Crippen LogP contribution in [0.4, 0.5) is 11.8 Å². The molecule has 4 N–H and O–H groups in total. The van der Waals surface area contributed by atoms with Crippen molar-refractivity contribution in [3.05, 3.63) is 47.8 Å². The van der Waals surface area contributed by atoms with Crippen molar-refractivity contribution in [2.24, 2.45) is 0 Å². The monoisotopic (exact) mass is 267 g/mol. The van der Waals surface area contributed by atoms with Crippen molar-refractivity contribution in [3.63, 3.8) is 0 Å². The molecule has 0 saturated heterocycles. The van der Waals surface area contributed by atoms with Gasteiger partial charge in [-0.2, -0.15) is 4.98 Å². The molecule has 3 aromatic rings. The fourth-order valence-electron chi connectivity index (χ4n) is 2.35. The minimum Gasteiger partial charge on any atom is -0.370 e. The minimum atomic E-state index is 0.305. The van der Waals surface area contributed by atoms with Crippen molar-refractivity contribution < 1.29 is 0 Å². The highest BCUT2D eigenvalue weighted by Crippen LogP contribution is 2.18. The van der Waals surface area contributed by atoms with Crippen LogP contribution in [-0.2, 0) is 6.42 Å². The summed E-state index contributed by atoms with van der Waals surface area (Å²) in [6.45, 7) is 2.71. The van der Waals surface area contributed by atoms with Crippen LogP contribution in [0.15, 0.2) is 36.5 Å². The zero-order chi connectivity index (χ0) is 13.9. The number of anilines is 2. The van der Waals surface area contributed by atoms with Gasteiger partial charge in [0.15, 0.2) is 0 Å². The van der Waals surface area contributed by atoms with Crippen molar-refractivity contribution in [2.75, 3.05) is 17.6 Å². The average molecular weight is 267 g/mol. The van der Waals surface area contributed by atoms with E-state index in [-0.39, 0.29) is 0 Å². The number of nitrogens with zero attached hydrogens (tertiary/aromatic N) is 2. The molecule has 5 nitrogen and oxygen atoms in total. The maximum Gasteiger partial charge on any atom is 0.222 e. The number of aromatic nitrogens is 3. The SMILES string of the molecule is Cc1cc(NCCc2c[nH]c3ccccc23)nc(N)n1. The number of para-hydroxylation sites is 1. The second-order valence-electron chi connectivity index (χ2n) is 4.79. The van der Waals surface area contributed by atoms with Gasteiger partial charge in [0.2, 0.25) is 5.95 Å². The quantitative estimate of drug-likeness (QED) is 0.678. The number of fused-ring (bicyclic) bond motifs is 1. The molecule has 0 spiro atoms. The van der Waals surface area contributed by atoms with Gasteiger partial charge < -0.3 is 16.0 Å². The van der Waals surface area contributed by atoms with Gasteiger partial charge in [-0.1, -0.05) is 18.2 Å². The molecule has 102 valence electrons. The van der Waals surface area contributed by atoms with E-state index in [1.165, 1.54) is 16.5 Å². The van der Waals surface area contributed by atoms with Crippen LogP contribution in [0.3, 0.4) is 0 Å². The summed E-state index contributed by atoms with van der Waals surface area (Å²) in [5.74, 6) is 1.08. The molecular weight excluding hydrogens is 250 g/mol. The number of nitrogens with one attached hydrogen (secondary N) is 2. The first-order chi connectivity index (χ1) is 9.72. The van der Waals surface area contributed by atoms with Gasteiger partial charge in [0.25, 0.3) is 0 Å². The van der Waals surface area contributed by atoms with Gasteiger partial charge in [0.05, 0.1) is 0 Å². The molecule has 0 aliphatic heterocycles. The first kappa shape index (κ1) is 12.5. The smallest absolute Gasteiger partial charge is 0.222 e. The van der Waals surface area contributed by atoms with Gasteiger partial charge in [-0.25, -0.2) is 4.98 Å². The molecule has 0 amide bonds. The average Bonchev–Trinajstić information content (AvgIpc) is 2.81. The maximum absolute atomic E-state index is 5.63. The van der Waals surface area contributed by atoms with E-state index in [0.717, 1.165) is 24.5 Å². The summed E-state index contributed by atoms with van der Waals surface area (Å²) >= 11 is 0. The van der Waals surface area contributed by atoms with Gasteiger partial charge in [0, 0.05) is 35.4 Å². The first-order valence-corrected chi connectivity index (χ1v) is 6.62.